The van der Waals surface area contributed by atoms with E-state index in [1.165, 1.54) is 6.07 Å². The van der Waals surface area contributed by atoms with Gasteiger partial charge in [0.15, 0.2) is 5.65 Å². The Balaban J connectivity index is 0.901. The van der Waals surface area contributed by atoms with Crippen LogP contribution in [0.15, 0.2) is 91.4 Å². The minimum atomic E-state index is -0.338. The molecule has 0 spiro atoms. The highest BCUT2D eigenvalue weighted by molar-refractivity contribution is 6.00. The normalized spacial score (nSPS) is 14.9. The first-order chi connectivity index (χ1) is 29.4. The highest BCUT2D eigenvalue weighted by Gasteiger charge is 2.23. The molecule has 14 heteroatoms. The molecule has 0 aliphatic carbocycles. The van der Waals surface area contributed by atoms with Gasteiger partial charge in [-0.25, -0.2) is 24.0 Å². The van der Waals surface area contributed by atoms with Crippen molar-refractivity contribution < 1.29 is 18.7 Å². The number of piperazine rings is 1. The fourth-order valence-electron chi connectivity index (χ4n) is 8.02. The maximum absolute atomic E-state index is 15.3. The van der Waals surface area contributed by atoms with Gasteiger partial charge in [0.25, 0.3) is 11.8 Å². The van der Waals surface area contributed by atoms with E-state index in [9.17, 15) is 9.59 Å². The van der Waals surface area contributed by atoms with Crippen molar-refractivity contribution in [2.45, 2.75) is 65.3 Å². The lowest BCUT2D eigenvalue weighted by Crippen LogP contribution is -2.46. The fourth-order valence-corrected chi connectivity index (χ4v) is 8.02. The van der Waals surface area contributed by atoms with Gasteiger partial charge in [0.1, 0.15) is 5.82 Å². The van der Waals surface area contributed by atoms with Crippen LogP contribution in [0.4, 0.5) is 16.0 Å². The molecule has 3 N–H and O–H groups in total. The Bertz CT molecular complexity index is 2440. The number of benzene rings is 3. The zero-order valence-corrected chi connectivity index (χ0v) is 34.2. The topological polar surface area (TPSA) is 142 Å². The van der Waals surface area contributed by atoms with Gasteiger partial charge in [0, 0.05) is 112 Å². The van der Waals surface area contributed by atoms with Crippen LogP contribution in [-0.4, -0.2) is 86.9 Å². The summed E-state index contributed by atoms with van der Waals surface area (Å²) in [4.78, 5) is 45.4. The summed E-state index contributed by atoms with van der Waals surface area (Å²) in [5, 5.41) is 15.3. The van der Waals surface area contributed by atoms with Crippen molar-refractivity contribution in [2.24, 2.45) is 0 Å². The predicted molar refractivity (Wildman–Crippen MR) is 230 cm³/mol. The molecule has 0 atom stereocenters. The van der Waals surface area contributed by atoms with Gasteiger partial charge in [0.2, 0.25) is 5.95 Å². The van der Waals surface area contributed by atoms with Gasteiger partial charge >= 0.3 is 0 Å². The molecule has 310 valence electrons. The smallest absolute Gasteiger partial charge is 0.251 e. The van der Waals surface area contributed by atoms with Gasteiger partial charge in [0.05, 0.1) is 17.3 Å². The Hall–Kier alpha value is -6.25. The summed E-state index contributed by atoms with van der Waals surface area (Å²) in [5.74, 6) is -0.222. The van der Waals surface area contributed by atoms with Gasteiger partial charge < -0.3 is 25.6 Å². The van der Waals surface area contributed by atoms with E-state index in [0.717, 1.165) is 96.2 Å². The van der Waals surface area contributed by atoms with Crippen molar-refractivity contribution in [3.63, 3.8) is 0 Å². The summed E-state index contributed by atoms with van der Waals surface area (Å²) >= 11 is 0. The lowest BCUT2D eigenvalue weighted by Gasteiger charge is -2.34. The minimum absolute atomic E-state index is 0.185. The Morgan fingerprint density at radius 2 is 1.57 bits per heavy atom. The van der Waals surface area contributed by atoms with E-state index in [-0.39, 0.29) is 36.8 Å². The second-order valence-electron chi connectivity index (χ2n) is 15.3. The van der Waals surface area contributed by atoms with Crippen LogP contribution in [0.2, 0.25) is 0 Å². The number of nitrogens with one attached hydrogen (secondary N) is 3. The summed E-state index contributed by atoms with van der Waals surface area (Å²) in [6.07, 6.45) is 7.82. The molecule has 2 saturated heterocycles. The second kappa shape index (κ2) is 18.8. The molecule has 8 rings (SSSR count). The number of ether oxygens (including phenoxy) is 1. The summed E-state index contributed by atoms with van der Waals surface area (Å²) in [5.41, 5.74) is 7.39. The number of pyridine rings is 1. The number of amides is 2. The highest BCUT2D eigenvalue weighted by atomic mass is 19.1. The van der Waals surface area contributed by atoms with Crippen LogP contribution in [0.1, 0.15) is 69.8 Å². The average Bonchev–Trinajstić information content (AvgIpc) is 3.72. The van der Waals surface area contributed by atoms with Gasteiger partial charge in [-0.2, -0.15) is 5.10 Å². The van der Waals surface area contributed by atoms with Gasteiger partial charge in [-0.15, -0.1) is 0 Å². The van der Waals surface area contributed by atoms with Crippen molar-refractivity contribution in [2.75, 3.05) is 49.6 Å². The molecule has 60 heavy (non-hydrogen) atoms. The molecular formula is C46H51FN10O3. The molecule has 3 aromatic carbocycles. The maximum Gasteiger partial charge on any atom is 0.251 e. The number of anilines is 2. The van der Waals surface area contributed by atoms with E-state index in [1.807, 2.05) is 42.1 Å². The minimum Gasteiger partial charge on any atom is -0.381 e. The van der Waals surface area contributed by atoms with E-state index in [0.29, 0.717) is 42.9 Å². The fraction of sp³-hybridized carbons (Fsp3) is 0.348. The second-order valence-corrected chi connectivity index (χ2v) is 15.3. The lowest BCUT2D eigenvalue weighted by molar-refractivity contribution is 0.0904. The SMILES string of the molecule is CCc1nc2c(cnn2CC)c(NC2CCOCC2)c1CNC(=O)c1cccc(C(=O)NCc2ccc(F)c(-c3cccc(CN4CCN(c5ncccn5)CC4)c3)c2)c1. The predicted octanol–water partition coefficient (Wildman–Crippen LogP) is 6.38. The summed E-state index contributed by atoms with van der Waals surface area (Å²) in [7, 11) is 0. The molecule has 0 unspecified atom stereocenters. The van der Waals surface area contributed by atoms with Crippen molar-refractivity contribution in [1.29, 1.82) is 0 Å². The van der Waals surface area contributed by atoms with Gasteiger partial charge in [-0.1, -0.05) is 37.3 Å². The molecule has 3 aromatic heterocycles. The molecule has 0 radical (unpaired) electrons. The molecular weight excluding hydrogens is 760 g/mol. The molecule has 0 saturated carbocycles. The third-order valence-electron chi connectivity index (χ3n) is 11.3. The van der Waals surface area contributed by atoms with Crippen LogP contribution >= 0.6 is 0 Å². The van der Waals surface area contributed by atoms with E-state index >= 15 is 4.39 Å². The van der Waals surface area contributed by atoms with Crippen LogP contribution in [0.25, 0.3) is 22.2 Å². The number of fused-ring (bicyclic) bond motifs is 1. The zero-order valence-electron chi connectivity index (χ0n) is 34.2. The number of hydrogen-bond donors (Lipinski definition) is 3. The summed E-state index contributed by atoms with van der Waals surface area (Å²) in [6.45, 7) is 10.8. The Morgan fingerprint density at radius 1 is 0.833 bits per heavy atom. The van der Waals surface area contributed by atoms with Crippen molar-refractivity contribution in [3.8, 4) is 11.1 Å². The number of nitrogens with zero attached hydrogens (tertiary/aromatic N) is 7. The molecule has 6 aromatic rings. The summed E-state index contributed by atoms with van der Waals surface area (Å²) < 4.78 is 22.8. The molecule has 2 aliphatic heterocycles. The molecule has 2 amide bonds. The molecule has 2 fully saturated rings. The standard InChI is InChI=1S/C46H51FN10O3/c1-3-41-38(42(53-36-14-22-60-23-15-36)39-29-52-57(4-2)43(39)54-41)28-51-45(59)35-11-6-10-34(26-35)44(58)50-27-31-12-13-40(47)37(25-31)33-9-5-8-32(24-33)30-55-18-20-56(21-19-55)46-48-16-7-17-49-46/h5-13,16-17,24-26,29,36H,3-4,14-15,18-23,27-28,30H2,1-2H3,(H,50,58)(H,51,59)(H,53,54). The van der Waals surface area contributed by atoms with Crippen molar-refractivity contribution >= 4 is 34.5 Å². The van der Waals surface area contributed by atoms with Crippen molar-refractivity contribution in [3.05, 3.63) is 131 Å². The van der Waals surface area contributed by atoms with Crippen LogP contribution in [-0.2, 0) is 37.3 Å². The molecule has 2 aliphatic rings. The van der Waals surface area contributed by atoms with Crippen LogP contribution < -0.4 is 20.9 Å². The lowest BCUT2D eigenvalue weighted by atomic mass is 10.00. The highest BCUT2D eigenvalue weighted by Crippen LogP contribution is 2.32. The number of rotatable bonds is 14. The first kappa shape index (κ1) is 40.5. The monoisotopic (exact) mass is 810 g/mol. The molecule has 13 nitrogen and oxygen atoms in total. The van der Waals surface area contributed by atoms with E-state index in [2.05, 4.69) is 53.8 Å². The average molecular weight is 811 g/mol. The quantitative estimate of drug-likeness (QED) is 0.114. The summed E-state index contributed by atoms with van der Waals surface area (Å²) in [6, 6.07) is 21.6. The Morgan fingerprint density at radius 3 is 2.30 bits per heavy atom. The Labute approximate surface area is 349 Å². The van der Waals surface area contributed by atoms with Crippen LogP contribution in [0.5, 0.6) is 0 Å². The number of aromatic nitrogens is 5. The number of aryl methyl sites for hydroxylation is 2. The number of halogens is 1. The van der Waals surface area contributed by atoms with Crippen LogP contribution in [0, 0.1) is 5.82 Å². The van der Waals surface area contributed by atoms with Crippen molar-refractivity contribution in [1.82, 2.24) is 40.3 Å². The van der Waals surface area contributed by atoms with Gasteiger partial charge in [-0.05, 0) is 85.3 Å². The van der Waals surface area contributed by atoms with E-state index in [4.69, 9.17) is 9.72 Å². The maximum atomic E-state index is 15.3. The van der Waals surface area contributed by atoms with E-state index in [1.54, 1.807) is 48.8 Å². The Kier molecular flexibility index (Phi) is 12.7. The molecule has 5 heterocycles. The number of hydrogen-bond acceptors (Lipinski definition) is 10. The molecule has 0 bridgehead atoms. The van der Waals surface area contributed by atoms with Crippen LogP contribution in [0.3, 0.4) is 0 Å². The van der Waals surface area contributed by atoms with E-state index < -0.39 is 0 Å². The third kappa shape index (κ3) is 9.29. The first-order valence-corrected chi connectivity index (χ1v) is 20.9. The zero-order chi connectivity index (χ0) is 41.4. The third-order valence-corrected chi connectivity index (χ3v) is 11.3. The number of carbonyl (C=O) groups is 2. The first-order valence-electron chi connectivity index (χ1n) is 20.9. The van der Waals surface area contributed by atoms with Gasteiger partial charge in [-0.3, -0.25) is 14.5 Å². The largest absolute Gasteiger partial charge is 0.381 e. The number of carbonyl (C=O) groups excluding carboxylic acids is 2.